The highest BCUT2D eigenvalue weighted by atomic mass is 16.5. The van der Waals surface area contributed by atoms with E-state index in [2.05, 4.69) is 0 Å². The van der Waals surface area contributed by atoms with Crippen molar-refractivity contribution in [1.82, 2.24) is 4.90 Å². The van der Waals surface area contributed by atoms with E-state index in [1.165, 1.54) is 0 Å². The van der Waals surface area contributed by atoms with Gasteiger partial charge in [0.25, 0.3) is 5.91 Å². The summed E-state index contributed by atoms with van der Waals surface area (Å²) in [6.45, 7) is 5.88. The monoisotopic (exact) mass is 215 g/mol. The Balaban J connectivity index is 2.44. The molecule has 0 radical (unpaired) electrons. The van der Waals surface area contributed by atoms with E-state index in [1.54, 1.807) is 6.92 Å². The van der Waals surface area contributed by atoms with E-state index >= 15 is 0 Å². The Hall–Kier alpha value is -0.610. The van der Waals surface area contributed by atoms with Crippen molar-refractivity contribution in [2.24, 2.45) is 5.92 Å². The van der Waals surface area contributed by atoms with Gasteiger partial charge in [-0.05, 0) is 32.6 Å². The molecule has 0 aliphatic carbocycles. The molecule has 1 saturated heterocycles. The number of aliphatic hydroxyl groups is 1. The zero-order chi connectivity index (χ0) is 11.3. The summed E-state index contributed by atoms with van der Waals surface area (Å²) in [7, 11) is 0. The molecule has 2 atom stereocenters. The number of likely N-dealkylation sites (tertiary alicyclic amines) is 1. The summed E-state index contributed by atoms with van der Waals surface area (Å²) in [5.41, 5.74) is 0. The molecular formula is C11H21NO3. The van der Waals surface area contributed by atoms with Gasteiger partial charge in [0.15, 0.2) is 0 Å². The highest BCUT2D eigenvalue weighted by molar-refractivity contribution is 5.80. The van der Waals surface area contributed by atoms with Gasteiger partial charge in [-0.1, -0.05) is 0 Å². The van der Waals surface area contributed by atoms with Crippen molar-refractivity contribution in [3.05, 3.63) is 0 Å². The van der Waals surface area contributed by atoms with Crippen LogP contribution < -0.4 is 0 Å². The molecule has 15 heavy (non-hydrogen) atoms. The lowest BCUT2D eigenvalue weighted by Gasteiger charge is -2.33. The molecule has 0 aromatic rings. The fraction of sp³-hybridized carbons (Fsp3) is 0.909. The maximum Gasteiger partial charge on any atom is 0.251 e. The lowest BCUT2D eigenvalue weighted by molar-refractivity contribution is -0.144. The van der Waals surface area contributed by atoms with Crippen molar-refractivity contribution in [2.75, 3.05) is 26.3 Å². The number of hydrogen-bond acceptors (Lipinski definition) is 3. The molecule has 1 fully saturated rings. The predicted octanol–water partition coefficient (Wildman–Crippen LogP) is 0.642. The minimum absolute atomic E-state index is 0.0509. The highest BCUT2D eigenvalue weighted by Crippen LogP contribution is 2.16. The molecule has 2 unspecified atom stereocenters. The molecule has 4 nitrogen and oxygen atoms in total. The lowest BCUT2D eigenvalue weighted by Crippen LogP contribution is -2.45. The van der Waals surface area contributed by atoms with Gasteiger partial charge in [0.1, 0.15) is 6.10 Å². The van der Waals surface area contributed by atoms with Gasteiger partial charge in [-0.3, -0.25) is 4.79 Å². The zero-order valence-corrected chi connectivity index (χ0v) is 9.61. The number of ether oxygens (including phenoxy) is 1. The number of carbonyl (C=O) groups is 1. The largest absolute Gasteiger partial charge is 0.396 e. The number of nitrogens with zero attached hydrogens (tertiary/aromatic N) is 1. The molecule has 0 aromatic carbocycles. The number of rotatable bonds is 4. The fourth-order valence-corrected chi connectivity index (χ4v) is 1.99. The van der Waals surface area contributed by atoms with Gasteiger partial charge < -0.3 is 14.7 Å². The normalized spacial score (nSPS) is 23.9. The second kappa shape index (κ2) is 6.08. The third-order valence-electron chi connectivity index (χ3n) is 2.85. The van der Waals surface area contributed by atoms with Crippen LogP contribution in [0, 0.1) is 5.92 Å². The summed E-state index contributed by atoms with van der Waals surface area (Å²) < 4.78 is 5.27. The summed E-state index contributed by atoms with van der Waals surface area (Å²) in [5.74, 6) is 0.298. The maximum absolute atomic E-state index is 11.9. The first kappa shape index (κ1) is 12.5. The van der Waals surface area contributed by atoms with Gasteiger partial charge in [0.05, 0.1) is 0 Å². The van der Waals surface area contributed by atoms with E-state index < -0.39 is 0 Å². The van der Waals surface area contributed by atoms with Crippen molar-refractivity contribution in [3.8, 4) is 0 Å². The van der Waals surface area contributed by atoms with E-state index in [4.69, 9.17) is 9.84 Å². The average Bonchev–Trinajstić information content (AvgIpc) is 2.28. The summed E-state index contributed by atoms with van der Waals surface area (Å²) in [5, 5.41) is 9.06. The van der Waals surface area contributed by atoms with Crippen LogP contribution in [0.5, 0.6) is 0 Å². The molecule has 1 rings (SSSR count). The first-order valence-electron chi connectivity index (χ1n) is 5.70. The van der Waals surface area contributed by atoms with Crippen LogP contribution in [0.1, 0.15) is 26.7 Å². The number of amides is 1. The molecule has 0 bridgehead atoms. The Kier molecular flexibility index (Phi) is 5.05. The van der Waals surface area contributed by atoms with Crippen LogP contribution in [0.3, 0.4) is 0 Å². The molecule has 1 aliphatic rings. The minimum Gasteiger partial charge on any atom is -0.396 e. The SMILES string of the molecule is CCOC(C)C(=O)N1CCCC(CO)C1. The number of hydrogen-bond donors (Lipinski definition) is 1. The van der Waals surface area contributed by atoms with Crippen LogP contribution in [0.2, 0.25) is 0 Å². The van der Waals surface area contributed by atoms with E-state index in [9.17, 15) is 4.79 Å². The quantitative estimate of drug-likeness (QED) is 0.749. The summed E-state index contributed by atoms with van der Waals surface area (Å²) >= 11 is 0. The van der Waals surface area contributed by atoms with Crippen LogP contribution in [-0.4, -0.2) is 48.3 Å². The molecule has 1 heterocycles. The zero-order valence-electron chi connectivity index (χ0n) is 9.61. The highest BCUT2D eigenvalue weighted by Gasteiger charge is 2.26. The maximum atomic E-state index is 11.9. The standard InChI is InChI=1S/C11H21NO3/c1-3-15-9(2)11(14)12-6-4-5-10(7-12)8-13/h9-10,13H,3-8H2,1-2H3. The fourth-order valence-electron chi connectivity index (χ4n) is 1.99. The molecule has 1 aliphatic heterocycles. The summed E-state index contributed by atoms with van der Waals surface area (Å²) in [6.07, 6.45) is 1.64. The van der Waals surface area contributed by atoms with Crippen molar-refractivity contribution in [1.29, 1.82) is 0 Å². The Morgan fingerprint density at radius 3 is 3.00 bits per heavy atom. The van der Waals surface area contributed by atoms with E-state index in [0.717, 1.165) is 19.4 Å². The molecule has 0 spiro atoms. The molecule has 0 saturated carbocycles. The first-order valence-corrected chi connectivity index (χ1v) is 5.70. The molecule has 1 N–H and O–H groups in total. The van der Waals surface area contributed by atoms with Crippen LogP contribution in [0.15, 0.2) is 0 Å². The predicted molar refractivity (Wildman–Crippen MR) is 57.5 cm³/mol. The van der Waals surface area contributed by atoms with Gasteiger partial charge in [-0.15, -0.1) is 0 Å². The first-order chi connectivity index (χ1) is 7.19. The van der Waals surface area contributed by atoms with Crippen molar-refractivity contribution < 1.29 is 14.6 Å². The molecule has 4 heteroatoms. The van der Waals surface area contributed by atoms with Gasteiger partial charge in [0, 0.05) is 26.3 Å². The van der Waals surface area contributed by atoms with E-state index in [0.29, 0.717) is 13.2 Å². The molecule has 1 amide bonds. The van der Waals surface area contributed by atoms with Crippen molar-refractivity contribution >= 4 is 5.91 Å². The number of piperidine rings is 1. The van der Waals surface area contributed by atoms with Gasteiger partial charge >= 0.3 is 0 Å². The Morgan fingerprint density at radius 2 is 2.40 bits per heavy atom. The second-order valence-electron chi connectivity index (χ2n) is 4.07. The minimum atomic E-state index is -0.354. The molecule has 0 aromatic heterocycles. The molecular weight excluding hydrogens is 194 g/mol. The van der Waals surface area contributed by atoms with E-state index in [1.807, 2.05) is 11.8 Å². The lowest BCUT2D eigenvalue weighted by atomic mass is 9.99. The molecule has 88 valence electrons. The topological polar surface area (TPSA) is 49.8 Å². The Bertz CT molecular complexity index is 208. The van der Waals surface area contributed by atoms with Crippen molar-refractivity contribution in [3.63, 3.8) is 0 Å². The Labute approximate surface area is 91.2 Å². The number of carbonyl (C=O) groups excluding carboxylic acids is 1. The smallest absolute Gasteiger partial charge is 0.251 e. The summed E-state index contributed by atoms with van der Waals surface area (Å²) in [6, 6.07) is 0. The number of aliphatic hydroxyl groups excluding tert-OH is 1. The van der Waals surface area contributed by atoms with Crippen LogP contribution in [0.4, 0.5) is 0 Å². The van der Waals surface area contributed by atoms with Crippen molar-refractivity contribution in [2.45, 2.75) is 32.8 Å². The van der Waals surface area contributed by atoms with Crippen LogP contribution in [0.25, 0.3) is 0 Å². The van der Waals surface area contributed by atoms with Gasteiger partial charge in [0.2, 0.25) is 0 Å². The van der Waals surface area contributed by atoms with Crippen LogP contribution >= 0.6 is 0 Å². The summed E-state index contributed by atoms with van der Waals surface area (Å²) in [4.78, 5) is 13.7. The average molecular weight is 215 g/mol. The van der Waals surface area contributed by atoms with Gasteiger partial charge in [-0.2, -0.15) is 0 Å². The second-order valence-corrected chi connectivity index (χ2v) is 4.07. The third-order valence-corrected chi connectivity index (χ3v) is 2.85. The third kappa shape index (κ3) is 3.47. The van der Waals surface area contributed by atoms with Gasteiger partial charge in [-0.25, -0.2) is 0 Å². The van der Waals surface area contributed by atoms with Crippen LogP contribution in [-0.2, 0) is 9.53 Å². The Morgan fingerprint density at radius 1 is 1.67 bits per heavy atom. The van der Waals surface area contributed by atoms with E-state index in [-0.39, 0.29) is 24.5 Å².